The van der Waals surface area contributed by atoms with Crippen molar-refractivity contribution in [2.45, 2.75) is 45.8 Å². The van der Waals surface area contributed by atoms with E-state index in [-0.39, 0.29) is 17.2 Å². The Labute approximate surface area is 130 Å². The number of hydrogen-bond donors (Lipinski definition) is 2. The van der Waals surface area contributed by atoms with Gasteiger partial charge in [-0.1, -0.05) is 25.4 Å². The molecule has 1 aliphatic carbocycles. The maximum Gasteiger partial charge on any atom is 0.245 e. The molecule has 2 unspecified atom stereocenters. The van der Waals surface area contributed by atoms with E-state index < -0.39 is 11.0 Å². The zero-order chi connectivity index (χ0) is 15.8. The number of anilines is 1. The largest absolute Gasteiger partial charge is 0.378 e. The second-order valence-corrected chi connectivity index (χ2v) is 6.45. The van der Waals surface area contributed by atoms with E-state index in [1.165, 1.54) is 0 Å². The van der Waals surface area contributed by atoms with Gasteiger partial charge in [0.15, 0.2) is 5.15 Å². The molecule has 21 heavy (non-hydrogen) atoms. The molecule has 0 spiro atoms. The minimum absolute atomic E-state index is 0.0104. The van der Waals surface area contributed by atoms with Crippen LogP contribution in [-0.4, -0.2) is 29.1 Å². The predicted molar refractivity (Wildman–Crippen MR) is 83.3 cm³/mol. The van der Waals surface area contributed by atoms with Crippen LogP contribution in [0.2, 0.25) is 5.15 Å². The number of nitrogens with one attached hydrogen (secondary N) is 1. The van der Waals surface area contributed by atoms with Gasteiger partial charge in [0.2, 0.25) is 5.91 Å². The molecule has 1 aromatic heterocycles. The quantitative estimate of drug-likeness (QED) is 0.838. The van der Waals surface area contributed by atoms with Crippen LogP contribution in [-0.2, 0) is 9.53 Å². The second-order valence-electron chi connectivity index (χ2n) is 6.09. The third-order valence-corrected chi connectivity index (χ3v) is 4.87. The molecule has 5 nitrogen and oxygen atoms in total. The number of aryl methyl sites for hydroxylation is 1. The molecule has 1 fully saturated rings. The standard InChI is InChI=1S/C15H22ClN3O2/c1-5-21-10-8-15(17,14(10,3)4)13(20)19-11-9(2)6-7-18-12(11)16/h6-7,10H,5,8,17H2,1-4H3,(H,19,20). The van der Waals surface area contributed by atoms with Gasteiger partial charge in [0.1, 0.15) is 5.54 Å². The van der Waals surface area contributed by atoms with E-state index >= 15 is 0 Å². The molecule has 0 aromatic carbocycles. The first-order valence-corrected chi connectivity index (χ1v) is 7.45. The van der Waals surface area contributed by atoms with Gasteiger partial charge in [0.05, 0.1) is 11.8 Å². The summed E-state index contributed by atoms with van der Waals surface area (Å²) >= 11 is 6.04. The summed E-state index contributed by atoms with van der Waals surface area (Å²) in [6.45, 7) is 8.31. The monoisotopic (exact) mass is 311 g/mol. The first-order chi connectivity index (χ1) is 9.74. The summed E-state index contributed by atoms with van der Waals surface area (Å²) in [5, 5.41) is 3.09. The van der Waals surface area contributed by atoms with Crippen LogP contribution in [0.5, 0.6) is 0 Å². The molecule has 116 valence electrons. The van der Waals surface area contributed by atoms with Crippen molar-refractivity contribution in [1.29, 1.82) is 0 Å². The van der Waals surface area contributed by atoms with Gasteiger partial charge in [-0.15, -0.1) is 0 Å². The summed E-state index contributed by atoms with van der Waals surface area (Å²) in [7, 11) is 0. The normalized spacial score (nSPS) is 27.0. The van der Waals surface area contributed by atoms with Gasteiger partial charge in [-0.05, 0) is 25.5 Å². The average molecular weight is 312 g/mol. The molecule has 0 radical (unpaired) electrons. The highest BCUT2D eigenvalue weighted by Crippen LogP contribution is 2.50. The summed E-state index contributed by atoms with van der Waals surface area (Å²) in [5.41, 5.74) is 6.30. The molecule has 0 bridgehead atoms. The highest BCUT2D eigenvalue weighted by Gasteiger charge is 2.62. The fraction of sp³-hybridized carbons (Fsp3) is 0.600. The van der Waals surface area contributed by atoms with Crippen molar-refractivity contribution in [3.05, 3.63) is 23.0 Å². The topological polar surface area (TPSA) is 77.2 Å². The number of nitrogens with zero attached hydrogens (tertiary/aromatic N) is 1. The number of rotatable bonds is 4. The zero-order valence-electron chi connectivity index (χ0n) is 12.9. The number of amides is 1. The van der Waals surface area contributed by atoms with Gasteiger partial charge in [-0.2, -0.15) is 0 Å². The number of carbonyl (C=O) groups excluding carboxylic acids is 1. The molecule has 1 saturated carbocycles. The minimum Gasteiger partial charge on any atom is -0.378 e. The van der Waals surface area contributed by atoms with E-state index in [9.17, 15) is 4.79 Å². The minimum atomic E-state index is -0.974. The van der Waals surface area contributed by atoms with Crippen molar-refractivity contribution in [2.24, 2.45) is 11.1 Å². The molecule has 1 aliphatic rings. The lowest BCUT2D eigenvalue weighted by Gasteiger charge is -2.57. The van der Waals surface area contributed by atoms with Crippen LogP contribution in [0.4, 0.5) is 5.69 Å². The lowest BCUT2D eigenvalue weighted by Crippen LogP contribution is -2.74. The van der Waals surface area contributed by atoms with Crippen LogP contribution in [0.15, 0.2) is 12.3 Å². The maximum absolute atomic E-state index is 12.6. The van der Waals surface area contributed by atoms with E-state index in [1.54, 1.807) is 12.3 Å². The van der Waals surface area contributed by atoms with Crippen molar-refractivity contribution < 1.29 is 9.53 Å². The van der Waals surface area contributed by atoms with Crippen LogP contribution in [0.25, 0.3) is 0 Å². The Balaban J connectivity index is 2.18. The van der Waals surface area contributed by atoms with E-state index in [2.05, 4.69) is 10.3 Å². The van der Waals surface area contributed by atoms with Crippen molar-refractivity contribution in [2.75, 3.05) is 11.9 Å². The zero-order valence-corrected chi connectivity index (χ0v) is 13.6. The van der Waals surface area contributed by atoms with Crippen molar-refractivity contribution in [3.63, 3.8) is 0 Å². The van der Waals surface area contributed by atoms with Crippen molar-refractivity contribution >= 4 is 23.2 Å². The molecule has 3 N–H and O–H groups in total. The summed E-state index contributed by atoms with van der Waals surface area (Å²) < 4.78 is 5.64. The summed E-state index contributed by atoms with van der Waals surface area (Å²) in [6, 6.07) is 1.79. The lowest BCUT2D eigenvalue weighted by atomic mass is 9.54. The molecule has 6 heteroatoms. The van der Waals surface area contributed by atoms with Crippen LogP contribution < -0.4 is 11.1 Å². The van der Waals surface area contributed by atoms with E-state index in [4.69, 9.17) is 22.1 Å². The molecule has 1 heterocycles. The number of halogens is 1. The Bertz CT molecular complexity index is 542. The number of pyridine rings is 1. The Hall–Kier alpha value is -1.17. The molecule has 2 atom stereocenters. The average Bonchev–Trinajstić information content (AvgIpc) is 2.42. The lowest BCUT2D eigenvalue weighted by molar-refractivity contribution is -0.166. The first-order valence-electron chi connectivity index (χ1n) is 7.07. The second kappa shape index (κ2) is 5.55. The Morgan fingerprint density at radius 2 is 2.29 bits per heavy atom. The van der Waals surface area contributed by atoms with Gasteiger partial charge in [0.25, 0.3) is 0 Å². The van der Waals surface area contributed by atoms with Gasteiger partial charge < -0.3 is 15.8 Å². The molecule has 0 aliphatic heterocycles. The predicted octanol–water partition coefficient (Wildman–Crippen LogP) is 2.51. The van der Waals surface area contributed by atoms with Gasteiger partial charge in [-0.3, -0.25) is 4.79 Å². The van der Waals surface area contributed by atoms with E-state index in [1.807, 2.05) is 27.7 Å². The summed E-state index contributed by atoms with van der Waals surface area (Å²) in [4.78, 5) is 16.6. The SMILES string of the molecule is CCOC1CC(N)(C(=O)Nc2c(C)ccnc2Cl)C1(C)C. The fourth-order valence-corrected chi connectivity index (χ4v) is 2.97. The van der Waals surface area contributed by atoms with Crippen molar-refractivity contribution in [3.8, 4) is 0 Å². The number of aromatic nitrogens is 1. The molecule has 1 amide bonds. The van der Waals surface area contributed by atoms with E-state index in [0.717, 1.165) is 5.56 Å². The molecule has 0 saturated heterocycles. The van der Waals surface area contributed by atoms with Gasteiger partial charge in [0, 0.05) is 24.6 Å². The molecule has 1 aromatic rings. The highest BCUT2D eigenvalue weighted by molar-refractivity contribution is 6.32. The molecular formula is C15H22ClN3O2. The third-order valence-electron chi connectivity index (χ3n) is 4.59. The fourth-order valence-electron chi connectivity index (χ4n) is 2.72. The van der Waals surface area contributed by atoms with Gasteiger partial charge >= 0.3 is 0 Å². The number of carbonyl (C=O) groups is 1. The molecular weight excluding hydrogens is 290 g/mol. The highest BCUT2D eigenvalue weighted by atomic mass is 35.5. The number of ether oxygens (including phenoxy) is 1. The van der Waals surface area contributed by atoms with Crippen LogP contribution in [0.1, 0.15) is 32.8 Å². The smallest absolute Gasteiger partial charge is 0.245 e. The van der Waals surface area contributed by atoms with Crippen LogP contribution in [0, 0.1) is 12.3 Å². The van der Waals surface area contributed by atoms with Crippen molar-refractivity contribution in [1.82, 2.24) is 4.98 Å². The molecule has 2 rings (SSSR count). The van der Waals surface area contributed by atoms with Crippen LogP contribution in [0.3, 0.4) is 0 Å². The number of nitrogens with two attached hydrogens (primary N) is 1. The van der Waals surface area contributed by atoms with Crippen LogP contribution >= 0.6 is 11.6 Å². The summed E-state index contributed by atoms with van der Waals surface area (Å²) in [6.07, 6.45) is 2.09. The summed E-state index contributed by atoms with van der Waals surface area (Å²) in [5.74, 6) is -0.249. The Morgan fingerprint density at radius 1 is 1.62 bits per heavy atom. The maximum atomic E-state index is 12.6. The Kier molecular flexibility index (Phi) is 4.29. The Morgan fingerprint density at radius 3 is 2.81 bits per heavy atom. The number of hydrogen-bond acceptors (Lipinski definition) is 4. The van der Waals surface area contributed by atoms with E-state index in [0.29, 0.717) is 18.7 Å². The van der Waals surface area contributed by atoms with Gasteiger partial charge in [-0.25, -0.2) is 4.98 Å². The third kappa shape index (κ3) is 2.54. The first kappa shape index (κ1) is 16.2.